The molecule has 3 nitrogen and oxygen atoms in total. The van der Waals surface area contributed by atoms with E-state index in [0.717, 1.165) is 30.4 Å². The SMILES string of the molecule is C=CCN1C(=O)C2=C(CCC2)C1c1ccncc1. The van der Waals surface area contributed by atoms with E-state index in [4.69, 9.17) is 0 Å². The molecule has 0 fully saturated rings. The lowest BCUT2D eigenvalue weighted by molar-refractivity contribution is -0.126. The Kier molecular flexibility index (Phi) is 2.74. The Balaban J connectivity index is 2.03. The quantitative estimate of drug-likeness (QED) is 0.761. The Morgan fingerprint density at radius 3 is 2.89 bits per heavy atom. The van der Waals surface area contributed by atoms with Gasteiger partial charge >= 0.3 is 0 Å². The highest BCUT2D eigenvalue weighted by molar-refractivity contribution is 5.98. The standard InChI is InChI=1S/C15H16N2O/c1-2-10-17-14(11-6-8-16-9-7-11)12-4-3-5-13(12)15(17)18/h2,6-9,14H,1,3-5,10H2. The summed E-state index contributed by atoms with van der Waals surface area (Å²) >= 11 is 0. The highest BCUT2D eigenvalue weighted by atomic mass is 16.2. The summed E-state index contributed by atoms with van der Waals surface area (Å²) in [7, 11) is 0. The molecule has 3 rings (SSSR count). The number of amides is 1. The molecule has 2 heterocycles. The van der Waals surface area contributed by atoms with Gasteiger partial charge in [-0.2, -0.15) is 0 Å². The number of nitrogens with zero attached hydrogens (tertiary/aromatic N) is 2. The molecule has 0 N–H and O–H groups in total. The van der Waals surface area contributed by atoms with Gasteiger partial charge < -0.3 is 4.90 Å². The second-order valence-electron chi connectivity index (χ2n) is 4.79. The van der Waals surface area contributed by atoms with Crippen molar-refractivity contribution in [2.24, 2.45) is 0 Å². The van der Waals surface area contributed by atoms with Gasteiger partial charge in [-0.15, -0.1) is 6.58 Å². The van der Waals surface area contributed by atoms with Crippen LogP contribution >= 0.6 is 0 Å². The second kappa shape index (κ2) is 4.41. The first-order chi connectivity index (χ1) is 8.83. The highest BCUT2D eigenvalue weighted by Crippen LogP contribution is 2.45. The summed E-state index contributed by atoms with van der Waals surface area (Å²) in [6.45, 7) is 4.37. The third-order valence-electron chi connectivity index (χ3n) is 3.77. The molecule has 0 radical (unpaired) electrons. The fourth-order valence-electron chi connectivity index (χ4n) is 3.05. The van der Waals surface area contributed by atoms with Gasteiger partial charge in [0.15, 0.2) is 0 Å². The maximum Gasteiger partial charge on any atom is 0.250 e. The van der Waals surface area contributed by atoms with E-state index in [-0.39, 0.29) is 11.9 Å². The zero-order chi connectivity index (χ0) is 12.5. The summed E-state index contributed by atoms with van der Waals surface area (Å²) in [4.78, 5) is 18.3. The summed E-state index contributed by atoms with van der Waals surface area (Å²) in [5.41, 5.74) is 3.51. The van der Waals surface area contributed by atoms with Crippen LogP contribution in [-0.2, 0) is 4.79 Å². The molecule has 0 spiro atoms. The Bertz CT molecular complexity index is 519. The third kappa shape index (κ3) is 1.58. The number of likely N-dealkylation sites (tertiary alicyclic amines) is 1. The van der Waals surface area contributed by atoms with Crippen molar-refractivity contribution in [2.75, 3.05) is 6.54 Å². The van der Waals surface area contributed by atoms with E-state index in [1.807, 2.05) is 17.0 Å². The molecule has 1 unspecified atom stereocenters. The van der Waals surface area contributed by atoms with Crippen LogP contribution in [0, 0.1) is 0 Å². The topological polar surface area (TPSA) is 33.2 Å². The molecule has 92 valence electrons. The summed E-state index contributed by atoms with van der Waals surface area (Å²) in [6, 6.07) is 4.11. The molecular formula is C15H16N2O. The van der Waals surface area contributed by atoms with Crippen molar-refractivity contribution >= 4 is 5.91 Å². The monoisotopic (exact) mass is 240 g/mol. The third-order valence-corrected chi connectivity index (χ3v) is 3.77. The fraction of sp³-hybridized carbons (Fsp3) is 0.333. The highest BCUT2D eigenvalue weighted by Gasteiger charge is 2.40. The van der Waals surface area contributed by atoms with E-state index in [1.54, 1.807) is 18.5 Å². The number of hydrogen-bond acceptors (Lipinski definition) is 2. The van der Waals surface area contributed by atoms with Crippen LogP contribution in [0.4, 0.5) is 0 Å². The van der Waals surface area contributed by atoms with Gasteiger partial charge in [-0.1, -0.05) is 6.08 Å². The first-order valence-electron chi connectivity index (χ1n) is 6.36. The van der Waals surface area contributed by atoms with E-state index in [2.05, 4.69) is 11.6 Å². The van der Waals surface area contributed by atoms with Gasteiger partial charge in [0.1, 0.15) is 0 Å². The van der Waals surface area contributed by atoms with Crippen LogP contribution in [0.5, 0.6) is 0 Å². The van der Waals surface area contributed by atoms with Crippen LogP contribution in [0.15, 0.2) is 48.3 Å². The lowest BCUT2D eigenvalue weighted by atomic mass is 9.99. The minimum absolute atomic E-state index is 0.107. The normalized spacial score (nSPS) is 22.6. The lowest BCUT2D eigenvalue weighted by Gasteiger charge is -2.27. The van der Waals surface area contributed by atoms with Crippen molar-refractivity contribution in [2.45, 2.75) is 25.3 Å². The molecular weight excluding hydrogens is 224 g/mol. The van der Waals surface area contributed by atoms with Crippen molar-refractivity contribution in [3.05, 3.63) is 53.9 Å². The molecule has 0 saturated carbocycles. The maximum absolute atomic E-state index is 12.4. The molecule has 1 atom stereocenters. The zero-order valence-electron chi connectivity index (χ0n) is 10.3. The van der Waals surface area contributed by atoms with Crippen LogP contribution in [0.1, 0.15) is 30.9 Å². The average Bonchev–Trinajstić information content (AvgIpc) is 2.95. The molecule has 0 bridgehead atoms. The van der Waals surface area contributed by atoms with Crippen LogP contribution in [-0.4, -0.2) is 22.3 Å². The van der Waals surface area contributed by atoms with Gasteiger partial charge in [0.05, 0.1) is 6.04 Å². The Labute approximate surface area is 107 Å². The first kappa shape index (κ1) is 11.2. The second-order valence-corrected chi connectivity index (χ2v) is 4.79. The van der Waals surface area contributed by atoms with Gasteiger partial charge in [-0.05, 0) is 42.5 Å². The summed E-state index contributed by atoms with van der Waals surface area (Å²) in [5.74, 6) is 0.198. The van der Waals surface area contributed by atoms with E-state index in [9.17, 15) is 4.79 Å². The minimum Gasteiger partial charge on any atom is -0.324 e. The van der Waals surface area contributed by atoms with Crippen molar-refractivity contribution < 1.29 is 4.79 Å². The lowest BCUT2D eigenvalue weighted by Crippen LogP contribution is -2.31. The van der Waals surface area contributed by atoms with E-state index >= 15 is 0 Å². The number of carbonyl (C=O) groups excluding carboxylic acids is 1. The molecule has 1 aliphatic heterocycles. The van der Waals surface area contributed by atoms with Gasteiger partial charge in [-0.25, -0.2) is 0 Å². The predicted octanol–water partition coefficient (Wildman–Crippen LogP) is 2.63. The molecule has 1 amide bonds. The number of aromatic nitrogens is 1. The molecule has 0 saturated heterocycles. The average molecular weight is 240 g/mol. The molecule has 2 aliphatic rings. The predicted molar refractivity (Wildman–Crippen MR) is 69.8 cm³/mol. The molecule has 1 aromatic heterocycles. The van der Waals surface area contributed by atoms with Crippen molar-refractivity contribution in [1.29, 1.82) is 0 Å². The fourth-order valence-corrected chi connectivity index (χ4v) is 3.05. The number of rotatable bonds is 3. The molecule has 1 aromatic rings. The molecule has 3 heteroatoms. The van der Waals surface area contributed by atoms with Crippen LogP contribution < -0.4 is 0 Å². The smallest absolute Gasteiger partial charge is 0.250 e. The molecule has 18 heavy (non-hydrogen) atoms. The van der Waals surface area contributed by atoms with Gasteiger partial charge in [0, 0.05) is 24.5 Å². The molecule has 0 aromatic carbocycles. The van der Waals surface area contributed by atoms with Crippen LogP contribution in [0.2, 0.25) is 0 Å². The van der Waals surface area contributed by atoms with Crippen LogP contribution in [0.3, 0.4) is 0 Å². The maximum atomic E-state index is 12.4. The van der Waals surface area contributed by atoms with Gasteiger partial charge in [0.25, 0.3) is 5.91 Å². The largest absolute Gasteiger partial charge is 0.324 e. The minimum atomic E-state index is 0.107. The summed E-state index contributed by atoms with van der Waals surface area (Å²) < 4.78 is 0. The van der Waals surface area contributed by atoms with Crippen molar-refractivity contribution in [3.8, 4) is 0 Å². The summed E-state index contributed by atoms with van der Waals surface area (Å²) in [6.07, 6.45) is 8.47. The zero-order valence-corrected chi connectivity index (χ0v) is 10.3. The number of hydrogen-bond donors (Lipinski definition) is 0. The van der Waals surface area contributed by atoms with E-state index < -0.39 is 0 Å². The summed E-state index contributed by atoms with van der Waals surface area (Å²) in [5, 5.41) is 0. The van der Waals surface area contributed by atoms with E-state index in [1.165, 1.54) is 5.57 Å². The van der Waals surface area contributed by atoms with Crippen molar-refractivity contribution in [1.82, 2.24) is 9.88 Å². The Hall–Kier alpha value is -1.90. The van der Waals surface area contributed by atoms with Crippen LogP contribution in [0.25, 0.3) is 0 Å². The van der Waals surface area contributed by atoms with Crippen molar-refractivity contribution in [3.63, 3.8) is 0 Å². The number of pyridine rings is 1. The Morgan fingerprint density at radius 1 is 1.39 bits per heavy atom. The van der Waals surface area contributed by atoms with Gasteiger partial charge in [0.2, 0.25) is 0 Å². The first-order valence-corrected chi connectivity index (χ1v) is 6.36. The van der Waals surface area contributed by atoms with Gasteiger partial charge in [-0.3, -0.25) is 9.78 Å². The Morgan fingerprint density at radius 2 is 2.17 bits per heavy atom. The molecule has 1 aliphatic carbocycles. The number of carbonyl (C=O) groups is 1. The van der Waals surface area contributed by atoms with E-state index in [0.29, 0.717) is 6.54 Å².